The summed E-state index contributed by atoms with van der Waals surface area (Å²) in [6, 6.07) is 3.92. The monoisotopic (exact) mass is 539 g/mol. The predicted octanol–water partition coefficient (Wildman–Crippen LogP) is 6.03. The van der Waals surface area contributed by atoms with Crippen molar-refractivity contribution >= 4 is 38.9 Å². The zero-order valence-corrected chi connectivity index (χ0v) is 22.8. The third kappa shape index (κ3) is 5.39. The third-order valence-corrected chi connectivity index (χ3v) is 8.28. The molecule has 10 heteroatoms. The Labute approximate surface area is 224 Å². The van der Waals surface area contributed by atoms with Crippen molar-refractivity contribution in [2.24, 2.45) is 17.6 Å². The number of primary amides is 1. The molecule has 1 saturated heterocycles. The first kappa shape index (κ1) is 25.8. The zero-order valence-electron chi connectivity index (χ0n) is 21.2. The molecule has 8 nitrogen and oxygen atoms in total. The molecule has 0 spiro atoms. The smallest absolute Gasteiger partial charge is 0.251 e. The lowest BCUT2D eigenvalue weighted by Crippen LogP contribution is -2.20. The number of aromatic nitrogens is 4. The highest BCUT2D eigenvalue weighted by Crippen LogP contribution is 2.44. The van der Waals surface area contributed by atoms with Crippen molar-refractivity contribution in [1.29, 1.82) is 0 Å². The molecule has 4 aromatic rings. The molecular formula is C27H30ClN5O3S. The van der Waals surface area contributed by atoms with Crippen LogP contribution in [0.3, 0.4) is 0 Å². The van der Waals surface area contributed by atoms with Gasteiger partial charge < -0.3 is 14.9 Å². The second kappa shape index (κ2) is 10.8. The number of carbonyl (C=O) groups is 1. The number of pyridine rings is 2. The molecule has 0 bridgehead atoms. The second-order valence-corrected chi connectivity index (χ2v) is 11.4. The highest BCUT2D eigenvalue weighted by molar-refractivity contribution is 7.22. The number of halogens is 1. The van der Waals surface area contributed by atoms with E-state index < -0.39 is 5.91 Å². The van der Waals surface area contributed by atoms with Crippen molar-refractivity contribution in [1.82, 2.24) is 20.2 Å². The average Bonchev–Trinajstić information content (AvgIpc) is 3.49. The lowest BCUT2D eigenvalue weighted by Gasteiger charge is -2.23. The van der Waals surface area contributed by atoms with E-state index in [0.717, 1.165) is 53.1 Å². The summed E-state index contributed by atoms with van der Waals surface area (Å²) in [5.41, 5.74) is 9.33. The Balaban J connectivity index is 1.77. The van der Waals surface area contributed by atoms with E-state index in [0.29, 0.717) is 58.1 Å². The van der Waals surface area contributed by atoms with Crippen molar-refractivity contribution in [3.05, 3.63) is 46.3 Å². The molecule has 1 amide bonds. The Bertz CT molecular complexity index is 1440. The number of carbonyl (C=O) groups excluding carboxylic acids is 1. The zero-order chi connectivity index (χ0) is 26.1. The Morgan fingerprint density at radius 3 is 2.65 bits per heavy atom. The minimum absolute atomic E-state index is 0.277. The lowest BCUT2D eigenvalue weighted by molar-refractivity contribution is 0.0639. The Hall–Kier alpha value is -2.88. The van der Waals surface area contributed by atoms with Gasteiger partial charge in [-0.25, -0.2) is 4.98 Å². The van der Waals surface area contributed by atoms with Gasteiger partial charge in [-0.2, -0.15) is 0 Å². The van der Waals surface area contributed by atoms with Crippen LogP contribution in [-0.4, -0.2) is 39.3 Å². The van der Waals surface area contributed by atoms with E-state index in [2.05, 4.69) is 29.0 Å². The molecule has 1 aliphatic rings. The van der Waals surface area contributed by atoms with Crippen molar-refractivity contribution in [3.63, 3.8) is 0 Å². The van der Waals surface area contributed by atoms with Gasteiger partial charge in [-0.15, -0.1) is 21.5 Å². The van der Waals surface area contributed by atoms with E-state index in [1.807, 2.05) is 12.1 Å². The van der Waals surface area contributed by atoms with E-state index in [9.17, 15) is 4.79 Å². The normalized spacial score (nSPS) is 14.6. The average molecular weight is 540 g/mol. The summed E-state index contributed by atoms with van der Waals surface area (Å²) in [6.45, 7) is 7.53. The number of ether oxygens (including phenoxy) is 1. The van der Waals surface area contributed by atoms with Gasteiger partial charge in [0.1, 0.15) is 5.15 Å². The fraction of sp³-hybridized carbons (Fsp3) is 0.444. The van der Waals surface area contributed by atoms with Crippen LogP contribution < -0.4 is 5.73 Å². The molecule has 5 rings (SSSR count). The summed E-state index contributed by atoms with van der Waals surface area (Å²) in [4.78, 5) is 23.2. The van der Waals surface area contributed by atoms with Crippen LogP contribution in [0, 0.1) is 18.8 Å². The van der Waals surface area contributed by atoms with Crippen molar-refractivity contribution in [2.45, 2.75) is 52.9 Å². The summed E-state index contributed by atoms with van der Waals surface area (Å²) in [6.07, 6.45) is 6.02. The van der Waals surface area contributed by atoms with Crippen molar-refractivity contribution in [2.75, 3.05) is 13.2 Å². The van der Waals surface area contributed by atoms with Gasteiger partial charge in [0.15, 0.2) is 0 Å². The molecule has 0 saturated carbocycles. The first-order valence-electron chi connectivity index (χ1n) is 12.6. The Kier molecular flexibility index (Phi) is 7.55. The van der Waals surface area contributed by atoms with Crippen LogP contribution in [0.25, 0.3) is 32.0 Å². The number of nitrogens with two attached hydrogens (primary N) is 1. The molecule has 5 heterocycles. The van der Waals surface area contributed by atoms with Crippen molar-refractivity contribution in [3.8, 4) is 21.9 Å². The van der Waals surface area contributed by atoms with E-state index in [1.165, 1.54) is 11.3 Å². The van der Waals surface area contributed by atoms with Crippen LogP contribution in [0.4, 0.5) is 0 Å². The number of thiophene rings is 1. The van der Waals surface area contributed by atoms with E-state index in [1.54, 1.807) is 13.1 Å². The summed E-state index contributed by atoms with van der Waals surface area (Å²) in [5.74, 6) is 1.07. The van der Waals surface area contributed by atoms with Gasteiger partial charge in [0.05, 0.1) is 27.2 Å². The lowest BCUT2D eigenvalue weighted by atomic mass is 9.89. The molecule has 0 atom stereocenters. The topological polar surface area (TPSA) is 117 Å². The molecule has 0 radical (unpaired) electrons. The number of nitrogens with zero attached hydrogens (tertiary/aromatic N) is 4. The molecule has 1 fully saturated rings. The van der Waals surface area contributed by atoms with Gasteiger partial charge in [0.25, 0.3) is 5.91 Å². The highest BCUT2D eigenvalue weighted by Gasteiger charge is 2.29. The van der Waals surface area contributed by atoms with Gasteiger partial charge in [-0.05, 0) is 61.5 Å². The maximum absolute atomic E-state index is 13.1. The molecule has 0 aromatic carbocycles. The minimum atomic E-state index is -0.534. The van der Waals surface area contributed by atoms with Crippen molar-refractivity contribution < 1.29 is 13.9 Å². The molecule has 2 N–H and O–H groups in total. The summed E-state index contributed by atoms with van der Waals surface area (Å²) in [7, 11) is 0. The Morgan fingerprint density at radius 1 is 1.22 bits per heavy atom. The molecule has 0 unspecified atom stereocenters. The quantitative estimate of drug-likeness (QED) is 0.272. The number of fused-ring (bicyclic) bond motifs is 1. The molecule has 1 aliphatic heterocycles. The number of rotatable bonds is 8. The van der Waals surface area contributed by atoms with Crippen LogP contribution in [0.1, 0.15) is 60.7 Å². The van der Waals surface area contributed by atoms with Crippen LogP contribution in [-0.2, 0) is 17.6 Å². The Morgan fingerprint density at radius 2 is 2.00 bits per heavy atom. The van der Waals surface area contributed by atoms with Crippen LogP contribution in [0.5, 0.6) is 0 Å². The van der Waals surface area contributed by atoms with E-state index in [-0.39, 0.29) is 5.92 Å². The van der Waals surface area contributed by atoms with E-state index >= 15 is 0 Å². The third-order valence-electron chi connectivity index (χ3n) is 6.70. The maximum atomic E-state index is 13.1. The molecular weight excluding hydrogens is 510 g/mol. The fourth-order valence-electron chi connectivity index (χ4n) is 4.97. The number of amides is 1. The first-order chi connectivity index (χ1) is 17.8. The number of aryl methyl sites for hydroxylation is 2. The van der Waals surface area contributed by atoms with E-state index in [4.69, 9.17) is 31.5 Å². The summed E-state index contributed by atoms with van der Waals surface area (Å²) < 4.78 is 12.3. The molecule has 4 aromatic heterocycles. The SMILES string of the molecule is Cc1nnc(-c2c(CCC3CCOCC3)nc(CC(C)C)c(C(N)=O)c2-c2cc3ccnc(Cl)c3s2)o1. The van der Waals surface area contributed by atoms with Gasteiger partial charge in [-0.1, -0.05) is 25.4 Å². The van der Waals surface area contributed by atoms with Crippen LogP contribution >= 0.6 is 22.9 Å². The van der Waals surface area contributed by atoms with Gasteiger partial charge in [0, 0.05) is 36.8 Å². The van der Waals surface area contributed by atoms with Crippen LogP contribution in [0.15, 0.2) is 22.7 Å². The minimum Gasteiger partial charge on any atom is -0.421 e. The largest absolute Gasteiger partial charge is 0.421 e. The summed E-state index contributed by atoms with van der Waals surface area (Å²) in [5, 5.41) is 9.80. The number of hydrogen-bond acceptors (Lipinski definition) is 8. The van der Waals surface area contributed by atoms with Gasteiger partial charge in [0.2, 0.25) is 11.8 Å². The number of hydrogen-bond donors (Lipinski definition) is 1. The highest BCUT2D eigenvalue weighted by atomic mass is 35.5. The second-order valence-electron chi connectivity index (χ2n) is 9.94. The standard InChI is InChI=1S/C27H30ClN5O3S/c1-14(2)12-19-21(26(29)34)23(20-13-17-6-9-30-25(28)24(17)37-20)22(27-33-32-15(3)36-27)18(31-19)5-4-16-7-10-35-11-8-16/h6,9,13-14,16H,4-5,7-8,10-12H2,1-3H3,(H2,29,34). The molecule has 37 heavy (non-hydrogen) atoms. The van der Waals surface area contributed by atoms with Gasteiger partial charge in [-0.3, -0.25) is 9.78 Å². The first-order valence-corrected chi connectivity index (χ1v) is 13.8. The molecule has 194 valence electrons. The fourth-order valence-corrected chi connectivity index (χ4v) is 6.35. The maximum Gasteiger partial charge on any atom is 0.251 e. The molecule has 0 aliphatic carbocycles. The van der Waals surface area contributed by atoms with Gasteiger partial charge >= 0.3 is 0 Å². The predicted molar refractivity (Wildman–Crippen MR) is 145 cm³/mol. The summed E-state index contributed by atoms with van der Waals surface area (Å²) >= 11 is 7.90. The van der Waals surface area contributed by atoms with Crippen LogP contribution in [0.2, 0.25) is 5.15 Å².